The van der Waals surface area contributed by atoms with Crippen LogP contribution in [0.4, 0.5) is 0 Å². The summed E-state index contributed by atoms with van der Waals surface area (Å²) in [7, 11) is 0. The van der Waals surface area contributed by atoms with Crippen molar-refractivity contribution in [2.45, 2.75) is 51.6 Å². The van der Waals surface area contributed by atoms with Crippen molar-refractivity contribution in [2.75, 3.05) is 32.8 Å². The standard InChI is InChI=1S/C17H31NO2/c1-13-4-6-18(7-5-13)10-17(19)12-20-11-16-9-14-2-3-15(16)8-14/h13-17,19H,2-12H2,1H3/t14-,15-,16-,17-/m0/s1. The molecule has 2 bridgehead atoms. The van der Waals surface area contributed by atoms with Crippen LogP contribution in [0.2, 0.25) is 0 Å². The minimum atomic E-state index is -0.304. The third kappa shape index (κ3) is 3.75. The van der Waals surface area contributed by atoms with E-state index >= 15 is 0 Å². The Morgan fingerprint density at radius 3 is 2.60 bits per heavy atom. The van der Waals surface area contributed by atoms with Crippen molar-refractivity contribution in [1.29, 1.82) is 0 Å². The van der Waals surface area contributed by atoms with Crippen LogP contribution in [-0.4, -0.2) is 49.0 Å². The molecular formula is C17H31NO2. The van der Waals surface area contributed by atoms with E-state index < -0.39 is 0 Å². The summed E-state index contributed by atoms with van der Waals surface area (Å²) in [6, 6.07) is 0. The summed E-state index contributed by atoms with van der Waals surface area (Å²) >= 11 is 0. The van der Waals surface area contributed by atoms with Crippen LogP contribution >= 0.6 is 0 Å². The van der Waals surface area contributed by atoms with Gasteiger partial charge in [-0.3, -0.25) is 0 Å². The summed E-state index contributed by atoms with van der Waals surface area (Å²) in [4.78, 5) is 2.39. The van der Waals surface area contributed by atoms with Gasteiger partial charge >= 0.3 is 0 Å². The Morgan fingerprint density at radius 2 is 1.95 bits per heavy atom. The summed E-state index contributed by atoms with van der Waals surface area (Å²) < 4.78 is 5.82. The second-order valence-corrected chi connectivity index (χ2v) is 7.61. The third-order valence-corrected chi connectivity index (χ3v) is 5.87. The molecule has 116 valence electrons. The van der Waals surface area contributed by atoms with Crippen molar-refractivity contribution in [3.05, 3.63) is 0 Å². The largest absolute Gasteiger partial charge is 0.389 e. The van der Waals surface area contributed by atoms with Gasteiger partial charge in [-0.15, -0.1) is 0 Å². The van der Waals surface area contributed by atoms with Gasteiger partial charge in [-0.25, -0.2) is 0 Å². The van der Waals surface area contributed by atoms with Crippen LogP contribution in [-0.2, 0) is 4.74 Å². The molecule has 3 heteroatoms. The molecule has 1 saturated heterocycles. The second kappa shape index (κ2) is 6.76. The van der Waals surface area contributed by atoms with Crippen LogP contribution in [0, 0.1) is 23.7 Å². The van der Waals surface area contributed by atoms with Crippen LogP contribution in [0.3, 0.4) is 0 Å². The number of ether oxygens (including phenoxy) is 1. The van der Waals surface area contributed by atoms with Gasteiger partial charge in [-0.05, 0) is 68.9 Å². The van der Waals surface area contributed by atoms with Crippen LogP contribution in [0.5, 0.6) is 0 Å². The zero-order chi connectivity index (χ0) is 13.9. The number of piperidine rings is 1. The van der Waals surface area contributed by atoms with Crippen LogP contribution in [0.1, 0.15) is 45.4 Å². The monoisotopic (exact) mass is 281 g/mol. The van der Waals surface area contributed by atoms with Crippen LogP contribution < -0.4 is 0 Å². The Bertz CT molecular complexity index is 301. The van der Waals surface area contributed by atoms with Gasteiger partial charge in [0.1, 0.15) is 0 Å². The Balaban J connectivity index is 1.28. The molecular weight excluding hydrogens is 250 g/mol. The summed E-state index contributed by atoms with van der Waals surface area (Å²) in [5, 5.41) is 10.1. The van der Waals surface area contributed by atoms with Gasteiger partial charge in [-0.2, -0.15) is 0 Å². The molecule has 1 N–H and O–H groups in total. The molecule has 4 atom stereocenters. The molecule has 3 aliphatic rings. The normalized spacial score (nSPS) is 36.6. The number of fused-ring (bicyclic) bond motifs is 2. The highest BCUT2D eigenvalue weighted by molar-refractivity contribution is 4.89. The lowest BCUT2D eigenvalue weighted by Crippen LogP contribution is -2.40. The van der Waals surface area contributed by atoms with E-state index in [1.54, 1.807) is 0 Å². The molecule has 1 heterocycles. The summed E-state index contributed by atoms with van der Waals surface area (Å²) in [6.45, 7) is 6.82. The average molecular weight is 281 g/mol. The number of likely N-dealkylation sites (tertiary alicyclic amines) is 1. The highest BCUT2D eigenvalue weighted by Gasteiger charge is 2.39. The first-order valence-electron chi connectivity index (χ1n) is 8.69. The molecule has 3 fully saturated rings. The molecule has 0 unspecified atom stereocenters. The van der Waals surface area contributed by atoms with Gasteiger partial charge in [0.15, 0.2) is 0 Å². The molecule has 2 saturated carbocycles. The molecule has 1 aliphatic heterocycles. The Hall–Kier alpha value is -0.120. The minimum absolute atomic E-state index is 0.304. The maximum absolute atomic E-state index is 10.1. The fourth-order valence-electron chi connectivity index (χ4n) is 4.53. The van der Waals surface area contributed by atoms with E-state index in [1.165, 1.54) is 38.5 Å². The first-order valence-corrected chi connectivity index (χ1v) is 8.69. The van der Waals surface area contributed by atoms with Crippen LogP contribution in [0.25, 0.3) is 0 Å². The summed E-state index contributed by atoms with van der Waals surface area (Å²) in [6.07, 6.45) is 7.96. The number of hydrogen-bond donors (Lipinski definition) is 1. The zero-order valence-corrected chi connectivity index (χ0v) is 13.0. The molecule has 0 radical (unpaired) electrons. The summed E-state index contributed by atoms with van der Waals surface area (Å²) in [5.74, 6) is 3.57. The van der Waals surface area contributed by atoms with Crippen LogP contribution in [0.15, 0.2) is 0 Å². The van der Waals surface area contributed by atoms with Crippen molar-refractivity contribution in [2.24, 2.45) is 23.7 Å². The maximum Gasteiger partial charge on any atom is 0.0900 e. The fraction of sp³-hybridized carbons (Fsp3) is 1.00. The van der Waals surface area contributed by atoms with Crippen molar-refractivity contribution >= 4 is 0 Å². The number of hydrogen-bond acceptors (Lipinski definition) is 3. The second-order valence-electron chi connectivity index (χ2n) is 7.61. The maximum atomic E-state index is 10.1. The fourth-order valence-corrected chi connectivity index (χ4v) is 4.53. The smallest absolute Gasteiger partial charge is 0.0900 e. The van der Waals surface area contributed by atoms with E-state index in [4.69, 9.17) is 4.74 Å². The number of β-amino-alcohol motifs (C(OH)–C–C–N with tert-alkyl or cyclic N) is 1. The lowest BCUT2D eigenvalue weighted by molar-refractivity contribution is -0.00595. The van der Waals surface area contributed by atoms with Gasteiger partial charge in [0.2, 0.25) is 0 Å². The third-order valence-electron chi connectivity index (χ3n) is 5.87. The van der Waals surface area contributed by atoms with E-state index in [-0.39, 0.29) is 6.10 Å². The van der Waals surface area contributed by atoms with Crippen molar-refractivity contribution in [3.63, 3.8) is 0 Å². The van der Waals surface area contributed by atoms with Crippen molar-refractivity contribution < 1.29 is 9.84 Å². The molecule has 0 spiro atoms. The SMILES string of the molecule is CC1CCN(C[C@H](O)COC[C@@H]2C[C@H]3CC[C@H]2C3)CC1. The number of aliphatic hydroxyl groups is 1. The molecule has 0 aromatic heterocycles. The highest BCUT2D eigenvalue weighted by Crippen LogP contribution is 2.48. The van der Waals surface area contributed by atoms with Gasteiger partial charge in [-0.1, -0.05) is 13.3 Å². The van der Waals surface area contributed by atoms with E-state index in [0.717, 1.165) is 49.9 Å². The Kier molecular flexibility index (Phi) is 5.00. The Labute approximate surface area is 123 Å². The molecule has 3 rings (SSSR count). The lowest BCUT2D eigenvalue weighted by atomic mass is 9.90. The van der Waals surface area contributed by atoms with E-state index in [0.29, 0.717) is 6.61 Å². The molecule has 0 amide bonds. The lowest BCUT2D eigenvalue weighted by Gasteiger charge is -2.31. The van der Waals surface area contributed by atoms with E-state index in [1.807, 2.05) is 0 Å². The van der Waals surface area contributed by atoms with Gasteiger partial charge in [0, 0.05) is 13.2 Å². The number of aliphatic hydroxyl groups excluding tert-OH is 1. The predicted molar refractivity (Wildman–Crippen MR) is 80.6 cm³/mol. The molecule has 2 aliphatic carbocycles. The van der Waals surface area contributed by atoms with Gasteiger partial charge < -0.3 is 14.7 Å². The summed E-state index contributed by atoms with van der Waals surface area (Å²) in [5.41, 5.74) is 0. The average Bonchev–Trinajstić information content (AvgIpc) is 3.04. The first kappa shape index (κ1) is 14.8. The van der Waals surface area contributed by atoms with E-state index in [2.05, 4.69) is 11.8 Å². The van der Waals surface area contributed by atoms with Gasteiger partial charge in [0.25, 0.3) is 0 Å². The van der Waals surface area contributed by atoms with E-state index in [9.17, 15) is 5.11 Å². The molecule has 0 aromatic rings. The number of rotatable bonds is 6. The number of nitrogens with zero attached hydrogens (tertiary/aromatic N) is 1. The predicted octanol–water partition coefficient (Wildman–Crippen LogP) is 2.53. The Morgan fingerprint density at radius 1 is 1.15 bits per heavy atom. The molecule has 3 nitrogen and oxygen atoms in total. The van der Waals surface area contributed by atoms with Gasteiger partial charge in [0.05, 0.1) is 12.7 Å². The zero-order valence-electron chi connectivity index (χ0n) is 13.0. The first-order chi connectivity index (χ1) is 9.70. The molecule has 20 heavy (non-hydrogen) atoms. The quantitative estimate of drug-likeness (QED) is 0.812. The van der Waals surface area contributed by atoms with Crippen molar-refractivity contribution in [3.8, 4) is 0 Å². The topological polar surface area (TPSA) is 32.7 Å². The highest BCUT2D eigenvalue weighted by atomic mass is 16.5. The molecule has 0 aromatic carbocycles. The van der Waals surface area contributed by atoms with Crippen molar-refractivity contribution in [1.82, 2.24) is 4.90 Å². The minimum Gasteiger partial charge on any atom is -0.389 e.